The van der Waals surface area contributed by atoms with Gasteiger partial charge in [-0.25, -0.2) is 0 Å². The quantitative estimate of drug-likeness (QED) is 0.713. The average molecular weight is 318 g/mol. The zero-order valence-corrected chi connectivity index (χ0v) is 13.2. The van der Waals surface area contributed by atoms with Crippen LogP contribution in [-0.4, -0.2) is 29.4 Å². The third-order valence-electron chi connectivity index (χ3n) is 4.28. The van der Waals surface area contributed by atoms with Crippen LogP contribution in [0.15, 0.2) is 24.3 Å². The highest BCUT2D eigenvalue weighted by Gasteiger charge is 2.45. The van der Waals surface area contributed by atoms with Crippen molar-refractivity contribution in [3.63, 3.8) is 0 Å². The number of hydrogen-bond donors (Lipinski definition) is 3. The largest absolute Gasteiger partial charge is 0.481 e. The van der Waals surface area contributed by atoms with Crippen LogP contribution in [0.25, 0.3) is 0 Å². The Hall–Kier alpha value is -2.37. The van der Waals surface area contributed by atoms with Crippen molar-refractivity contribution in [2.24, 2.45) is 5.41 Å². The number of carbonyl (C=O) groups is 3. The molecule has 0 unspecified atom stereocenters. The Bertz CT molecular complexity index is 608. The number of carboxylic acids is 1. The lowest BCUT2D eigenvalue weighted by Gasteiger charge is -2.36. The number of hydrogen-bond acceptors (Lipinski definition) is 3. The molecule has 0 heterocycles. The Labute approximate surface area is 135 Å². The van der Waals surface area contributed by atoms with Crippen LogP contribution in [0, 0.1) is 5.41 Å². The second kappa shape index (κ2) is 7.26. The van der Waals surface area contributed by atoms with Gasteiger partial charge in [0.05, 0.1) is 5.41 Å². The molecule has 1 aliphatic carbocycles. The van der Waals surface area contributed by atoms with Crippen molar-refractivity contribution >= 4 is 17.8 Å². The molecule has 23 heavy (non-hydrogen) atoms. The Morgan fingerprint density at radius 1 is 1.22 bits per heavy atom. The van der Waals surface area contributed by atoms with Crippen molar-refractivity contribution in [3.05, 3.63) is 35.4 Å². The van der Waals surface area contributed by atoms with E-state index in [-0.39, 0.29) is 24.8 Å². The topological polar surface area (TPSA) is 95.5 Å². The van der Waals surface area contributed by atoms with E-state index in [1.165, 1.54) is 0 Å². The first-order valence-corrected chi connectivity index (χ1v) is 7.84. The SMILES string of the molecule is CCNC(=O)c1cccc(CNC(=O)CC2(C(=O)O)CCC2)c1. The van der Waals surface area contributed by atoms with Crippen molar-refractivity contribution in [2.45, 2.75) is 39.2 Å². The lowest BCUT2D eigenvalue weighted by molar-refractivity contribution is -0.157. The molecule has 6 heteroatoms. The molecule has 6 nitrogen and oxygen atoms in total. The summed E-state index contributed by atoms with van der Waals surface area (Å²) in [6.45, 7) is 2.68. The van der Waals surface area contributed by atoms with Crippen LogP contribution in [0.2, 0.25) is 0 Å². The van der Waals surface area contributed by atoms with Gasteiger partial charge in [0.1, 0.15) is 0 Å². The molecule has 2 amide bonds. The number of carboxylic acid groups (broad SMARTS) is 1. The summed E-state index contributed by atoms with van der Waals surface area (Å²) < 4.78 is 0. The van der Waals surface area contributed by atoms with Crippen molar-refractivity contribution in [1.29, 1.82) is 0 Å². The van der Waals surface area contributed by atoms with Crippen LogP contribution in [0.1, 0.15) is 48.5 Å². The number of aliphatic carboxylic acids is 1. The molecular formula is C17H22N2O4. The fraction of sp³-hybridized carbons (Fsp3) is 0.471. The van der Waals surface area contributed by atoms with Crippen molar-refractivity contribution < 1.29 is 19.5 Å². The minimum absolute atomic E-state index is 0.0122. The van der Waals surface area contributed by atoms with Crippen LogP contribution in [0.4, 0.5) is 0 Å². The smallest absolute Gasteiger partial charge is 0.310 e. The van der Waals surface area contributed by atoms with E-state index < -0.39 is 11.4 Å². The maximum absolute atomic E-state index is 12.0. The second-order valence-electron chi connectivity index (χ2n) is 5.95. The summed E-state index contributed by atoms with van der Waals surface area (Å²) in [6.07, 6.45) is 1.98. The van der Waals surface area contributed by atoms with E-state index in [4.69, 9.17) is 0 Å². The van der Waals surface area contributed by atoms with Crippen molar-refractivity contribution in [1.82, 2.24) is 10.6 Å². The fourth-order valence-electron chi connectivity index (χ4n) is 2.73. The molecule has 0 aromatic heterocycles. The van der Waals surface area contributed by atoms with Crippen LogP contribution >= 0.6 is 0 Å². The molecule has 1 aliphatic rings. The monoisotopic (exact) mass is 318 g/mol. The van der Waals surface area contributed by atoms with Crippen molar-refractivity contribution in [3.8, 4) is 0 Å². The Kier molecular flexibility index (Phi) is 5.36. The van der Waals surface area contributed by atoms with Gasteiger partial charge in [0.15, 0.2) is 0 Å². The molecule has 0 saturated heterocycles. The first-order valence-electron chi connectivity index (χ1n) is 7.84. The van der Waals surface area contributed by atoms with Crippen LogP contribution in [0.3, 0.4) is 0 Å². The molecule has 2 rings (SSSR count). The summed E-state index contributed by atoms with van der Waals surface area (Å²) >= 11 is 0. The van der Waals surface area contributed by atoms with E-state index in [1.54, 1.807) is 18.2 Å². The average Bonchev–Trinajstić information content (AvgIpc) is 2.49. The summed E-state index contributed by atoms with van der Waals surface area (Å²) in [5.74, 6) is -1.31. The predicted octanol–water partition coefficient (Wildman–Crippen LogP) is 1.70. The van der Waals surface area contributed by atoms with E-state index in [1.807, 2.05) is 13.0 Å². The highest BCUT2D eigenvalue weighted by Crippen LogP contribution is 2.44. The van der Waals surface area contributed by atoms with Crippen LogP contribution in [0.5, 0.6) is 0 Å². The molecule has 0 spiro atoms. The lowest BCUT2D eigenvalue weighted by atomic mass is 9.66. The number of benzene rings is 1. The van der Waals surface area contributed by atoms with E-state index in [0.29, 0.717) is 24.9 Å². The lowest BCUT2D eigenvalue weighted by Crippen LogP contribution is -2.42. The van der Waals surface area contributed by atoms with Crippen LogP contribution in [-0.2, 0) is 16.1 Å². The summed E-state index contributed by atoms with van der Waals surface area (Å²) in [7, 11) is 0. The van der Waals surface area contributed by atoms with E-state index >= 15 is 0 Å². The maximum atomic E-state index is 12.0. The molecule has 1 aromatic rings. The van der Waals surface area contributed by atoms with Gasteiger partial charge in [0, 0.05) is 25.1 Å². The number of rotatable bonds is 7. The first-order chi connectivity index (χ1) is 11.0. The highest BCUT2D eigenvalue weighted by atomic mass is 16.4. The summed E-state index contributed by atoms with van der Waals surface area (Å²) in [5, 5.41) is 14.7. The molecule has 1 fully saturated rings. The summed E-state index contributed by atoms with van der Waals surface area (Å²) in [5.41, 5.74) is 0.465. The second-order valence-corrected chi connectivity index (χ2v) is 5.95. The van der Waals surface area contributed by atoms with Gasteiger partial charge in [-0.3, -0.25) is 14.4 Å². The van der Waals surface area contributed by atoms with Gasteiger partial charge in [-0.1, -0.05) is 18.6 Å². The Morgan fingerprint density at radius 3 is 2.52 bits per heavy atom. The molecule has 0 aliphatic heterocycles. The minimum Gasteiger partial charge on any atom is -0.481 e. The number of carbonyl (C=O) groups excluding carboxylic acids is 2. The standard InChI is InChI=1S/C17H22N2O4/c1-2-18-15(21)13-6-3-5-12(9-13)11-19-14(20)10-17(16(22)23)7-4-8-17/h3,5-6,9H,2,4,7-8,10-11H2,1H3,(H,18,21)(H,19,20)(H,22,23). The number of nitrogens with one attached hydrogen (secondary N) is 2. The highest BCUT2D eigenvalue weighted by molar-refractivity contribution is 5.94. The molecule has 0 bridgehead atoms. The predicted molar refractivity (Wildman–Crippen MR) is 84.8 cm³/mol. The molecule has 0 radical (unpaired) electrons. The summed E-state index contributed by atoms with van der Waals surface area (Å²) in [4.78, 5) is 35.0. The zero-order valence-electron chi connectivity index (χ0n) is 13.2. The maximum Gasteiger partial charge on any atom is 0.310 e. The van der Waals surface area contributed by atoms with Gasteiger partial charge in [-0.15, -0.1) is 0 Å². The molecule has 3 N–H and O–H groups in total. The third kappa shape index (κ3) is 4.09. The summed E-state index contributed by atoms with van der Waals surface area (Å²) in [6, 6.07) is 7.02. The molecule has 124 valence electrons. The minimum atomic E-state index is -0.892. The van der Waals surface area contributed by atoms with Crippen molar-refractivity contribution in [2.75, 3.05) is 6.54 Å². The molecule has 0 atom stereocenters. The van der Waals surface area contributed by atoms with E-state index in [0.717, 1.165) is 12.0 Å². The normalized spacial score (nSPS) is 15.3. The van der Waals surface area contributed by atoms with Crippen LogP contribution < -0.4 is 10.6 Å². The van der Waals surface area contributed by atoms with Gasteiger partial charge in [-0.05, 0) is 37.5 Å². The number of amides is 2. The van der Waals surface area contributed by atoms with Gasteiger partial charge in [0.25, 0.3) is 5.91 Å². The first kappa shape index (κ1) is 17.0. The Balaban J connectivity index is 1.90. The van der Waals surface area contributed by atoms with E-state index in [2.05, 4.69) is 10.6 Å². The Morgan fingerprint density at radius 2 is 1.96 bits per heavy atom. The van der Waals surface area contributed by atoms with Gasteiger partial charge >= 0.3 is 5.97 Å². The molecular weight excluding hydrogens is 296 g/mol. The van der Waals surface area contributed by atoms with Gasteiger partial charge < -0.3 is 15.7 Å². The van der Waals surface area contributed by atoms with E-state index in [9.17, 15) is 19.5 Å². The van der Waals surface area contributed by atoms with Gasteiger partial charge in [0.2, 0.25) is 5.91 Å². The molecule has 1 aromatic carbocycles. The zero-order chi connectivity index (χ0) is 16.9. The fourth-order valence-corrected chi connectivity index (χ4v) is 2.73. The van der Waals surface area contributed by atoms with Gasteiger partial charge in [-0.2, -0.15) is 0 Å². The molecule has 1 saturated carbocycles. The third-order valence-corrected chi connectivity index (χ3v) is 4.28.